The lowest BCUT2D eigenvalue weighted by atomic mass is 9.85. The van der Waals surface area contributed by atoms with Crippen LogP contribution < -0.4 is 5.32 Å². The van der Waals surface area contributed by atoms with Crippen LogP contribution in [0.5, 0.6) is 0 Å². The van der Waals surface area contributed by atoms with E-state index in [9.17, 15) is 4.79 Å². The second-order valence-electron chi connectivity index (χ2n) is 10.7. The lowest BCUT2D eigenvalue weighted by Gasteiger charge is -2.44. The molecule has 1 aliphatic carbocycles. The summed E-state index contributed by atoms with van der Waals surface area (Å²) in [5, 5.41) is 3.23. The molecule has 2 atom stereocenters. The molecule has 3 saturated heterocycles. The van der Waals surface area contributed by atoms with E-state index >= 15 is 0 Å². The zero-order chi connectivity index (χ0) is 22.3. The molecule has 3 fully saturated rings. The Labute approximate surface area is 192 Å². The molecule has 0 radical (unpaired) electrons. The Balaban J connectivity index is 1.30. The summed E-state index contributed by atoms with van der Waals surface area (Å²) in [5.41, 5.74) is 6.41. The summed E-state index contributed by atoms with van der Waals surface area (Å²) in [6.45, 7) is 9.89. The first-order valence-electron chi connectivity index (χ1n) is 12.3. The summed E-state index contributed by atoms with van der Waals surface area (Å²) in [6, 6.07) is 15.6. The van der Waals surface area contributed by atoms with Gasteiger partial charge < -0.3 is 10.1 Å². The van der Waals surface area contributed by atoms with Gasteiger partial charge in [-0.1, -0.05) is 69.7 Å². The van der Waals surface area contributed by atoms with Crippen LogP contribution in [-0.2, 0) is 17.6 Å². The predicted octanol–water partition coefficient (Wildman–Crippen LogP) is 5.75. The van der Waals surface area contributed by atoms with Gasteiger partial charge in [0.15, 0.2) is 0 Å². The summed E-state index contributed by atoms with van der Waals surface area (Å²) in [4.78, 5) is 15.3. The van der Waals surface area contributed by atoms with Gasteiger partial charge in [-0.2, -0.15) is 0 Å². The molecule has 4 aliphatic rings. The van der Waals surface area contributed by atoms with Crippen molar-refractivity contribution in [3.05, 3.63) is 59.2 Å². The highest BCUT2D eigenvalue weighted by atomic mass is 16.6. The second kappa shape index (κ2) is 8.55. The number of amides is 1. The highest BCUT2D eigenvalue weighted by Gasteiger charge is 2.42. The average Bonchev–Trinajstić information content (AvgIpc) is 3.04. The van der Waals surface area contributed by atoms with Gasteiger partial charge >= 0.3 is 6.09 Å². The Kier molecular flexibility index (Phi) is 5.75. The van der Waals surface area contributed by atoms with Crippen molar-refractivity contribution in [2.75, 3.05) is 19.6 Å². The number of nitrogens with one attached hydrogen (secondary N) is 1. The maximum Gasteiger partial charge on any atom is 0.407 e. The fraction of sp³-hybridized carbons (Fsp3) is 0.536. The van der Waals surface area contributed by atoms with Gasteiger partial charge in [0.2, 0.25) is 0 Å². The minimum absolute atomic E-state index is 0.0212. The standard InChI is InChI=1S/C28H36N2O2/c1-4-5-19-6-8-20(9-7-19)22-10-11-24-23(16-22)17-28(2,3)26(24)29-27(31)32-25-18-30-14-12-21(25)13-15-30/h6-11,16,21,25-26H,4-5,12-15,17-18H2,1-3H3,(H,29,31)/t25-,26?/m1/s1. The van der Waals surface area contributed by atoms with Crippen molar-refractivity contribution in [2.24, 2.45) is 11.3 Å². The lowest BCUT2D eigenvalue weighted by Crippen LogP contribution is -2.53. The van der Waals surface area contributed by atoms with Gasteiger partial charge in [-0.25, -0.2) is 4.79 Å². The van der Waals surface area contributed by atoms with E-state index in [4.69, 9.17) is 4.74 Å². The van der Waals surface area contributed by atoms with Crippen LogP contribution in [-0.4, -0.2) is 36.7 Å². The molecular weight excluding hydrogens is 396 g/mol. The summed E-state index contributed by atoms with van der Waals surface area (Å²) in [5.74, 6) is 0.529. The van der Waals surface area contributed by atoms with Gasteiger partial charge in [-0.3, -0.25) is 4.90 Å². The van der Waals surface area contributed by atoms with Crippen LogP contribution in [0.4, 0.5) is 4.79 Å². The summed E-state index contributed by atoms with van der Waals surface area (Å²) in [6.07, 6.45) is 5.33. The van der Waals surface area contributed by atoms with Gasteiger partial charge in [0.1, 0.15) is 6.10 Å². The smallest absolute Gasteiger partial charge is 0.407 e. The molecule has 0 spiro atoms. The molecule has 1 N–H and O–H groups in total. The molecule has 1 unspecified atom stereocenters. The van der Waals surface area contributed by atoms with Crippen LogP contribution in [0.3, 0.4) is 0 Å². The first kappa shape index (κ1) is 21.5. The fourth-order valence-corrected chi connectivity index (χ4v) is 5.99. The van der Waals surface area contributed by atoms with E-state index in [1.54, 1.807) is 0 Å². The number of nitrogens with zero attached hydrogens (tertiary/aromatic N) is 1. The molecule has 4 heteroatoms. The number of piperidine rings is 3. The van der Waals surface area contributed by atoms with Crippen LogP contribution in [0, 0.1) is 11.3 Å². The number of rotatable bonds is 5. The SMILES string of the molecule is CCCc1ccc(-c2ccc3c(c2)CC(C)(C)C3NC(=O)O[C@@H]2CN3CCC2CC3)cc1. The van der Waals surface area contributed by atoms with E-state index in [1.807, 2.05) is 0 Å². The number of ether oxygens (including phenoxy) is 1. The molecule has 170 valence electrons. The normalized spacial score (nSPS) is 27.7. The van der Waals surface area contributed by atoms with Gasteiger partial charge in [-0.05, 0) is 77.9 Å². The van der Waals surface area contributed by atoms with Crippen molar-refractivity contribution in [2.45, 2.75) is 65.0 Å². The van der Waals surface area contributed by atoms with Gasteiger partial charge in [0.25, 0.3) is 0 Å². The van der Waals surface area contributed by atoms with E-state index in [1.165, 1.54) is 34.2 Å². The molecule has 32 heavy (non-hydrogen) atoms. The number of carbonyl (C=O) groups excluding carboxylic acids is 1. The highest BCUT2D eigenvalue weighted by molar-refractivity contribution is 5.70. The van der Waals surface area contributed by atoms with Crippen molar-refractivity contribution in [3.63, 3.8) is 0 Å². The predicted molar refractivity (Wildman–Crippen MR) is 129 cm³/mol. The van der Waals surface area contributed by atoms with Crippen LogP contribution in [0.25, 0.3) is 11.1 Å². The average molecular weight is 433 g/mol. The molecule has 0 saturated carbocycles. The molecule has 0 aromatic heterocycles. The molecular formula is C28H36N2O2. The van der Waals surface area contributed by atoms with Crippen molar-refractivity contribution < 1.29 is 9.53 Å². The van der Waals surface area contributed by atoms with E-state index in [0.717, 1.165) is 45.3 Å². The Morgan fingerprint density at radius 2 is 1.81 bits per heavy atom. The van der Waals surface area contributed by atoms with Crippen LogP contribution in [0.1, 0.15) is 62.8 Å². The maximum absolute atomic E-state index is 12.9. The summed E-state index contributed by atoms with van der Waals surface area (Å²) >= 11 is 0. The highest BCUT2D eigenvalue weighted by Crippen LogP contribution is 2.46. The van der Waals surface area contributed by atoms with Crippen LogP contribution in [0.15, 0.2) is 42.5 Å². The number of carbonyl (C=O) groups is 1. The number of hydrogen-bond donors (Lipinski definition) is 1. The third kappa shape index (κ3) is 4.17. The molecule has 2 aromatic rings. The van der Waals surface area contributed by atoms with Gasteiger partial charge in [-0.15, -0.1) is 0 Å². The van der Waals surface area contributed by atoms with Crippen molar-refractivity contribution in [3.8, 4) is 11.1 Å². The number of hydrogen-bond acceptors (Lipinski definition) is 3. The fourth-order valence-electron chi connectivity index (χ4n) is 5.99. The molecule has 2 bridgehead atoms. The molecule has 2 aromatic carbocycles. The van der Waals surface area contributed by atoms with Crippen molar-refractivity contribution >= 4 is 6.09 Å². The lowest BCUT2D eigenvalue weighted by molar-refractivity contribution is -0.0348. The zero-order valence-corrected chi connectivity index (χ0v) is 19.7. The van der Waals surface area contributed by atoms with E-state index in [0.29, 0.717) is 5.92 Å². The quantitative estimate of drug-likeness (QED) is 0.654. The van der Waals surface area contributed by atoms with Gasteiger partial charge in [0, 0.05) is 6.54 Å². The van der Waals surface area contributed by atoms with E-state index < -0.39 is 0 Å². The number of benzene rings is 2. The molecule has 3 aliphatic heterocycles. The number of alkyl carbamates (subject to hydrolysis) is 1. The third-order valence-electron chi connectivity index (χ3n) is 7.82. The number of fused-ring (bicyclic) bond motifs is 4. The Morgan fingerprint density at radius 3 is 2.47 bits per heavy atom. The minimum Gasteiger partial charge on any atom is -0.445 e. The van der Waals surface area contributed by atoms with E-state index in [-0.39, 0.29) is 23.7 Å². The van der Waals surface area contributed by atoms with E-state index in [2.05, 4.69) is 73.5 Å². The van der Waals surface area contributed by atoms with Gasteiger partial charge in [0.05, 0.1) is 6.04 Å². The van der Waals surface area contributed by atoms with Crippen molar-refractivity contribution in [1.29, 1.82) is 0 Å². The molecule has 6 rings (SSSR count). The third-order valence-corrected chi connectivity index (χ3v) is 7.82. The Hall–Kier alpha value is -2.33. The minimum atomic E-state index is -0.259. The van der Waals surface area contributed by atoms with Crippen LogP contribution in [0.2, 0.25) is 0 Å². The monoisotopic (exact) mass is 432 g/mol. The first-order valence-corrected chi connectivity index (χ1v) is 12.3. The summed E-state index contributed by atoms with van der Waals surface area (Å²) < 4.78 is 5.93. The molecule has 4 nitrogen and oxygen atoms in total. The zero-order valence-electron chi connectivity index (χ0n) is 19.7. The summed E-state index contributed by atoms with van der Waals surface area (Å²) in [7, 11) is 0. The second-order valence-corrected chi connectivity index (χ2v) is 10.7. The maximum atomic E-state index is 12.9. The van der Waals surface area contributed by atoms with Crippen LogP contribution >= 0.6 is 0 Å². The Bertz CT molecular complexity index is 973. The topological polar surface area (TPSA) is 41.6 Å². The van der Waals surface area contributed by atoms with Crippen molar-refractivity contribution in [1.82, 2.24) is 10.2 Å². The molecule has 1 amide bonds. The number of aryl methyl sites for hydroxylation is 1. The largest absolute Gasteiger partial charge is 0.445 e. The molecule has 3 heterocycles. The first-order chi connectivity index (χ1) is 15.4. The Morgan fingerprint density at radius 1 is 1.09 bits per heavy atom.